The van der Waals surface area contributed by atoms with Crippen LogP contribution in [0.5, 0.6) is 0 Å². The fourth-order valence-corrected chi connectivity index (χ4v) is 4.08. The smallest absolute Gasteiger partial charge is 0.193 e. The summed E-state index contributed by atoms with van der Waals surface area (Å²) in [6, 6.07) is 4.52. The maximum Gasteiger partial charge on any atom is 0.193 e. The third kappa shape index (κ3) is 7.04. The first-order valence-electron chi connectivity index (χ1n) is 9.02. The quantitative estimate of drug-likeness (QED) is 0.289. The van der Waals surface area contributed by atoms with Gasteiger partial charge in [-0.25, -0.2) is 9.37 Å². The minimum atomic E-state index is -0.335. The second kappa shape index (κ2) is 11.4. The molecule has 2 rings (SSSR count). The van der Waals surface area contributed by atoms with Crippen molar-refractivity contribution in [3.05, 3.63) is 50.7 Å². The van der Waals surface area contributed by atoms with E-state index in [1.165, 1.54) is 12.1 Å². The zero-order valence-electron chi connectivity index (χ0n) is 17.6. The van der Waals surface area contributed by atoms with Gasteiger partial charge in [0.15, 0.2) is 5.96 Å². The molecule has 2 aromatic rings. The molecule has 0 saturated carbocycles. The number of hydrogen-bond donors (Lipinski definition) is 1. The van der Waals surface area contributed by atoms with Gasteiger partial charge in [-0.3, -0.25) is 4.99 Å². The molecule has 162 valence electrons. The number of methoxy groups -OCH3 is 1. The zero-order chi connectivity index (χ0) is 20.9. The van der Waals surface area contributed by atoms with E-state index in [1.54, 1.807) is 31.6 Å². The van der Waals surface area contributed by atoms with Crippen molar-refractivity contribution in [1.29, 1.82) is 0 Å². The van der Waals surface area contributed by atoms with Crippen molar-refractivity contribution in [2.45, 2.75) is 38.8 Å². The van der Waals surface area contributed by atoms with Crippen LogP contribution in [0.4, 0.5) is 4.39 Å². The minimum Gasteiger partial charge on any atom is -0.375 e. The largest absolute Gasteiger partial charge is 0.375 e. The molecule has 1 aromatic carbocycles. The average Bonchev–Trinajstić information content (AvgIpc) is 3.09. The Kier molecular flexibility index (Phi) is 10.3. The lowest BCUT2D eigenvalue weighted by Crippen LogP contribution is -2.44. The number of aliphatic imine (C=N–C) groups is 1. The number of ether oxygens (including phenoxy) is 1. The maximum absolute atomic E-state index is 13.4. The Bertz CT molecular complexity index is 831. The van der Waals surface area contributed by atoms with E-state index in [9.17, 15) is 4.39 Å². The van der Waals surface area contributed by atoms with Crippen LogP contribution in [0, 0.1) is 5.82 Å². The van der Waals surface area contributed by atoms with Crippen LogP contribution in [-0.4, -0.2) is 43.6 Å². The third-order valence-electron chi connectivity index (χ3n) is 4.59. The lowest BCUT2D eigenvalue weighted by atomic mass is 9.84. The van der Waals surface area contributed by atoms with Gasteiger partial charge in [-0.1, -0.05) is 31.5 Å². The molecule has 29 heavy (non-hydrogen) atoms. The fraction of sp³-hybridized carbons (Fsp3) is 0.500. The number of benzene rings is 1. The molecule has 0 aliphatic heterocycles. The highest BCUT2D eigenvalue weighted by atomic mass is 127. The molecule has 1 atom stereocenters. The first kappa shape index (κ1) is 26.1. The molecular formula is C20H29ClFIN4OS. The number of aromatic nitrogens is 1. The summed E-state index contributed by atoms with van der Waals surface area (Å²) in [6.07, 6.45) is -0.0113. The van der Waals surface area contributed by atoms with Crippen LogP contribution in [0.25, 0.3) is 0 Å². The number of guanidine groups is 1. The number of thiazole rings is 1. The van der Waals surface area contributed by atoms with E-state index >= 15 is 0 Å². The SMILES string of the molecule is CN=C(NCC(C)(C)c1ccc(F)cc1Cl)N(C)Cc1csc(C(C)OC)n1.I. The van der Waals surface area contributed by atoms with Gasteiger partial charge in [0.25, 0.3) is 0 Å². The maximum atomic E-state index is 13.4. The Balaban J connectivity index is 0.00000420. The van der Waals surface area contributed by atoms with E-state index in [2.05, 4.69) is 29.1 Å². The van der Waals surface area contributed by atoms with Crippen molar-refractivity contribution in [3.63, 3.8) is 0 Å². The molecule has 0 aliphatic rings. The number of rotatable bonds is 7. The van der Waals surface area contributed by atoms with E-state index in [1.807, 2.05) is 24.3 Å². The van der Waals surface area contributed by atoms with Gasteiger partial charge in [-0.05, 0) is 24.6 Å². The first-order valence-corrected chi connectivity index (χ1v) is 10.3. The van der Waals surface area contributed by atoms with Crippen molar-refractivity contribution in [2.24, 2.45) is 4.99 Å². The summed E-state index contributed by atoms with van der Waals surface area (Å²) in [6.45, 7) is 7.33. The Morgan fingerprint density at radius 3 is 2.72 bits per heavy atom. The molecule has 0 aliphatic carbocycles. The molecule has 0 fully saturated rings. The van der Waals surface area contributed by atoms with Gasteiger partial charge < -0.3 is 15.0 Å². The summed E-state index contributed by atoms with van der Waals surface area (Å²) in [4.78, 5) is 11.0. The molecule has 0 bridgehead atoms. The Hall–Kier alpha value is -0.970. The summed E-state index contributed by atoms with van der Waals surface area (Å²) in [7, 11) is 5.39. The average molecular weight is 555 g/mol. The van der Waals surface area contributed by atoms with Gasteiger partial charge in [0.1, 0.15) is 16.9 Å². The summed E-state index contributed by atoms with van der Waals surface area (Å²) >= 11 is 7.84. The van der Waals surface area contributed by atoms with Crippen LogP contribution in [0.1, 0.15) is 43.1 Å². The first-order chi connectivity index (χ1) is 13.2. The number of nitrogens with one attached hydrogen (secondary N) is 1. The summed E-state index contributed by atoms with van der Waals surface area (Å²) in [5, 5.41) is 6.81. The van der Waals surface area contributed by atoms with E-state index < -0.39 is 0 Å². The second-order valence-corrected chi connectivity index (χ2v) is 8.62. The Morgan fingerprint density at radius 1 is 1.45 bits per heavy atom. The summed E-state index contributed by atoms with van der Waals surface area (Å²) in [5.41, 5.74) is 1.55. The van der Waals surface area contributed by atoms with E-state index in [4.69, 9.17) is 16.3 Å². The fourth-order valence-electron chi connectivity index (χ4n) is 2.82. The molecule has 1 aromatic heterocycles. The highest BCUT2D eigenvalue weighted by Gasteiger charge is 2.24. The van der Waals surface area contributed by atoms with Crippen molar-refractivity contribution in [3.8, 4) is 0 Å². The highest BCUT2D eigenvalue weighted by molar-refractivity contribution is 14.0. The minimum absolute atomic E-state index is 0. The van der Waals surface area contributed by atoms with E-state index in [0.717, 1.165) is 22.2 Å². The molecule has 5 nitrogen and oxygen atoms in total. The molecule has 1 N–H and O–H groups in total. The van der Waals surface area contributed by atoms with Crippen molar-refractivity contribution >= 4 is 52.9 Å². The summed E-state index contributed by atoms with van der Waals surface area (Å²) in [5.74, 6) is 0.416. The van der Waals surface area contributed by atoms with Crippen molar-refractivity contribution in [2.75, 3.05) is 27.7 Å². The molecule has 0 radical (unpaired) electrons. The number of nitrogens with zero attached hydrogens (tertiary/aromatic N) is 3. The monoisotopic (exact) mass is 554 g/mol. The lowest BCUT2D eigenvalue weighted by Gasteiger charge is -2.29. The van der Waals surface area contributed by atoms with Gasteiger partial charge in [-0.15, -0.1) is 35.3 Å². The van der Waals surface area contributed by atoms with Crippen LogP contribution in [0.3, 0.4) is 0 Å². The topological polar surface area (TPSA) is 49.8 Å². The van der Waals surface area contributed by atoms with Crippen LogP contribution in [0.15, 0.2) is 28.6 Å². The molecular weight excluding hydrogens is 526 g/mol. The zero-order valence-corrected chi connectivity index (χ0v) is 21.5. The van der Waals surface area contributed by atoms with Crippen LogP contribution in [-0.2, 0) is 16.7 Å². The molecule has 1 unspecified atom stereocenters. The van der Waals surface area contributed by atoms with E-state index in [0.29, 0.717) is 18.1 Å². The van der Waals surface area contributed by atoms with Gasteiger partial charge >= 0.3 is 0 Å². The third-order valence-corrected chi connectivity index (χ3v) is 5.96. The number of halogens is 3. The highest BCUT2D eigenvalue weighted by Crippen LogP contribution is 2.30. The Labute approximate surface area is 198 Å². The second-order valence-electron chi connectivity index (χ2n) is 7.32. The van der Waals surface area contributed by atoms with Gasteiger partial charge in [-0.2, -0.15) is 0 Å². The van der Waals surface area contributed by atoms with Gasteiger partial charge in [0, 0.05) is 43.6 Å². The predicted octanol–water partition coefficient (Wildman–Crippen LogP) is 5.25. The van der Waals surface area contributed by atoms with Crippen molar-refractivity contribution in [1.82, 2.24) is 15.2 Å². The van der Waals surface area contributed by atoms with Crippen molar-refractivity contribution < 1.29 is 9.13 Å². The Morgan fingerprint density at radius 2 is 2.14 bits per heavy atom. The molecule has 9 heteroatoms. The molecule has 1 heterocycles. The molecule has 0 saturated heterocycles. The standard InChI is InChI=1S/C20H28ClFN4OS.HI/c1-13(27-6)18-25-15(11-28-18)10-26(5)19(23-4)24-12-20(2,3)16-8-7-14(22)9-17(16)21;/h7-9,11,13H,10,12H2,1-6H3,(H,23,24);1H. The number of hydrogen-bond acceptors (Lipinski definition) is 4. The van der Waals surface area contributed by atoms with E-state index in [-0.39, 0.29) is 41.3 Å². The van der Waals surface area contributed by atoms with Crippen LogP contribution < -0.4 is 5.32 Å². The predicted molar refractivity (Wildman–Crippen MR) is 130 cm³/mol. The van der Waals surface area contributed by atoms with Crippen LogP contribution >= 0.6 is 46.9 Å². The van der Waals surface area contributed by atoms with Crippen LogP contribution in [0.2, 0.25) is 5.02 Å². The molecule has 0 amide bonds. The van der Waals surface area contributed by atoms with Gasteiger partial charge in [0.05, 0.1) is 12.2 Å². The lowest BCUT2D eigenvalue weighted by molar-refractivity contribution is 0.119. The summed E-state index contributed by atoms with van der Waals surface area (Å²) < 4.78 is 18.7. The van der Waals surface area contributed by atoms with Gasteiger partial charge in [0.2, 0.25) is 0 Å². The normalized spacial score (nSPS) is 13.0. The molecule has 0 spiro atoms.